The van der Waals surface area contributed by atoms with Crippen LogP contribution < -0.4 is 15.4 Å². The van der Waals surface area contributed by atoms with Crippen molar-refractivity contribution >= 4 is 17.7 Å². The Balaban J connectivity index is 1.69. The average molecular weight is 376 g/mol. The van der Waals surface area contributed by atoms with Gasteiger partial charge in [0.1, 0.15) is 23.6 Å². The Bertz CT molecular complexity index is 769. The molecule has 4 rings (SSSR count). The number of benzene rings is 1. The summed E-state index contributed by atoms with van der Waals surface area (Å²) in [6.07, 6.45) is 6.92. The normalized spacial score (nSPS) is 22.1. The van der Waals surface area contributed by atoms with Crippen molar-refractivity contribution in [1.82, 2.24) is 5.32 Å². The Labute approximate surface area is 157 Å². The summed E-state index contributed by atoms with van der Waals surface area (Å²) in [5, 5.41) is 5.63. The number of ether oxygens (including phenoxy) is 2. The van der Waals surface area contributed by atoms with E-state index >= 15 is 0 Å². The molecule has 0 radical (unpaired) electrons. The van der Waals surface area contributed by atoms with E-state index in [-0.39, 0.29) is 24.3 Å². The fraction of sp³-hybridized carbons (Fsp3) is 0.600. The van der Waals surface area contributed by atoms with E-state index < -0.39 is 16.8 Å². The van der Waals surface area contributed by atoms with Gasteiger partial charge in [-0.3, -0.25) is 4.79 Å². The number of nitrogens with one attached hydrogen (secondary N) is 2. The van der Waals surface area contributed by atoms with Gasteiger partial charge < -0.3 is 20.1 Å². The average Bonchev–Trinajstić information content (AvgIpc) is 2.63. The molecule has 0 saturated heterocycles. The molecule has 3 aliphatic rings. The van der Waals surface area contributed by atoms with Crippen molar-refractivity contribution in [3.8, 4) is 5.75 Å². The van der Waals surface area contributed by atoms with Crippen LogP contribution in [-0.2, 0) is 15.1 Å². The van der Waals surface area contributed by atoms with Gasteiger partial charge in [-0.15, -0.1) is 0 Å². The minimum absolute atomic E-state index is 0.193. The topological polar surface area (TPSA) is 76.7 Å². The Hall–Kier alpha value is -2.31. The zero-order valence-electron chi connectivity index (χ0n) is 15.5. The van der Waals surface area contributed by atoms with Crippen LogP contribution in [-0.4, -0.2) is 25.7 Å². The van der Waals surface area contributed by atoms with Gasteiger partial charge in [0.2, 0.25) is 0 Å². The number of hydrogen-bond acceptors (Lipinski definition) is 4. The zero-order valence-corrected chi connectivity index (χ0v) is 15.5. The third-order valence-electron chi connectivity index (χ3n) is 6.33. The third kappa shape index (κ3) is 2.93. The summed E-state index contributed by atoms with van der Waals surface area (Å²) in [4.78, 5) is 24.4. The van der Waals surface area contributed by atoms with E-state index in [9.17, 15) is 14.0 Å². The number of carbonyl (C=O) groups is 2. The molecule has 1 aromatic carbocycles. The third-order valence-corrected chi connectivity index (χ3v) is 6.33. The highest BCUT2D eigenvalue weighted by Gasteiger charge is 2.48. The van der Waals surface area contributed by atoms with Crippen LogP contribution in [0.1, 0.15) is 56.9 Å². The van der Waals surface area contributed by atoms with Crippen molar-refractivity contribution in [1.29, 1.82) is 0 Å². The predicted molar refractivity (Wildman–Crippen MR) is 97.1 cm³/mol. The summed E-state index contributed by atoms with van der Waals surface area (Å²) in [6.45, 7) is 0.196. The Kier molecular flexibility index (Phi) is 4.48. The lowest BCUT2D eigenvalue weighted by Crippen LogP contribution is -2.53. The molecular formula is C20H25FN2O4. The summed E-state index contributed by atoms with van der Waals surface area (Å²) in [5.74, 6) is -0.206. The molecule has 1 aliphatic heterocycles. The predicted octanol–water partition coefficient (Wildman–Crippen LogP) is 3.84. The van der Waals surface area contributed by atoms with E-state index in [1.165, 1.54) is 13.2 Å². The summed E-state index contributed by atoms with van der Waals surface area (Å²) >= 11 is 0. The van der Waals surface area contributed by atoms with Crippen molar-refractivity contribution in [3.05, 3.63) is 23.5 Å². The van der Waals surface area contributed by atoms with Crippen LogP contribution >= 0.6 is 0 Å². The molecule has 1 aromatic rings. The van der Waals surface area contributed by atoms with Gasteiger partial charge in [-0.2, -0.15) is 0 Å². The van der Waals surface area contributed by atoms with E-state index in [1.807, 2.05) is 0 Å². The summed E-state index contributed by atoms with van der Waals surface area (Å²) in [7, 11) is 1.39. The largest absolute Gasteiger partial charge is 0.492 e. The lowest BCUT2D eigenvalue weighted by Gasteiger charge is -2.44. The van der Waals surface area contributed by atoms with Gasteiger partial charge in [0.25, 0.3) is 0 Å². The van der Waals surface area contributed by atoms with Crippen molar-refractivity contribution in [3.63, 3.8) is 0 Å². The standard InChI is InChI=1S/C20H25FN2O4/c1-26-17(24)19(8-5-9-19)12-27-14-7-6-13(21)16-15(14)20(23-18(25)22-16)10-3-2-4-11-20/h6-7H,2-5,8-12H2,1H3,(H2,22,23,25). The second-order valence-electron chi connectivity index (χ2n) is 7.93. The fourth-order valence-corrected chi connectivity index (χ4v) is 4.67. The maximum atomic E-state index is 14.5. The monoisotopic (exact) mass is 376 g/mol. The fourth-order valence-electron chi connectivity index (χ4n) is 4.67. The number of fused-ring (bicyclic) bond motifs is 2. The van der Waals surface area contributed by atoms with E-state index in [0.29, 0.717) is 11.3 Å². The van der Waals surface area contributed by atoms with E-state index in [1.54, 1.807) is 6.07 Å². The number of hydrogen-bond donors (Lipinski definition) is 2. The number of urea groups is 1. The molecule has 2 amide bonds. The molecule has 7 heteroatoms. The highest BCUT2D eigenvalue weighted by molar-refractivity contribution is 5.94. The minimum atomic E-state index is -0.624. The smallest absolute Gasteiger partial charge is 0.320 e. The van der Waals surface area contributed by atoms with Crippen LogP contribution in [0.25, 0.3) is 0 Å². The zero-order chi connectivity index (χ0) is 19.1. The van der Waals surface area contributed by atoms with E-state index in [2.05, 4.69) is 10.6 Å². The van der Waals surface area contributed by atoms with Crippen molar-refractivity contribution in [2.75, 3.05) is 19.0 Å². The first-order valence-corrected chi connectivity index (χ1v) is 9.63. The van der Waals surface area contributed by atoms with Crippen LogP contribution in [0.3, 0.4) is 0 Å². The van der Waals surface area contributed by atoms with Crippen LogP contribution in [0, 0.1) is 11.2 Å². The summed E-state index contributed by atoms with van der Waals surface area (Å²) in [5.41, 5.74) is -0.382. The second kappa shape index (κ2) is 6.69. The molecule has 146 valence electrons. The molecule has 1 spiro atoms. The molecular weight excluding hydrogens is 351 g/mol. The highest BCUT2D eigenvalue weighted by atomic mass is 19.1. The van der Waals surface area contributed by atoms with Crippen LogP contribution in [0.4, 0.5) is 14.9 Å². The van der Waals surface area contributed by atoms with Gasteiger partial charge in [0.05, 0.1) is 18.3 Å². The molecule has 1 heterocycles. The van der Waals surface area contributed by atoms with E-state index in [0.717, 1.165) is 51.4 Å². The maximum absolute atomic E-state index is 14.5. The molecule has 0 atom stereocenters. The molecule has 0 unspecified atom stereocenters. The Morgan fingerprint density at radius 2 is 1.89 bits per heavy atom. The van der Waals surface area contributed by atoms with Gasteiger partial charge >= 0.3 is 12.0 Å². The molecule has 0 aromatic heterocycles. The summed E-state index contributed by atoms with van der Waals surface area (Å²) < 4.78 is 25.6. The summed E-state index contributed by atoms with van der Waals surface area (Å²) in [6, 6.07) is 2.53. The first-order valence-electron chi connectivity index (χ1n) is 9.63. The first-order chi connectivity index (χ1) is 13.0. The number of methoxy groups -OCH3 is 1. The Morgan fingerprint density at radius 1 is 1.15 bits per heavy atom. The second-order valence-corrected chi connectivity index (χ2v) is 7.93. The molecule has 2 aliphatic carbocycles. The highest BCUT2D eigenvalue weighted by Crippen LogP contribution is 2.49. The molecule has 2 N–H and O–H groups in total. The van der Waals surface area contributed by atoms with Crippen LogP contribution in [0.15, 0.2) is 12.1 Å². The Morgan fingerprint density at radius 3 is 2.52 bits per heavy atom. The molecule has 2 saturated carbocycles. The number of esters is 1. The van der Waals surface area contributed by atoms with Crippen molar-refractivity contribution in [2.24, 2.45) is 5.41 Å². The van der Waals surface area contributed by atoms with Gasteiger partial charge in [0.15, 0.2) is 0 Å². The van der Waals surface area contributed by atoms with Gasteiger partial charge in [-0.05, 0) is 37.8 Å². The molecule has 27 heavy (non-hydrogen) atoms. The first kappa shape index (κ1) is 18.1. The number of carbonyl (C=O) groups excluding carboxylic acids is 2. The molecule has 0 bridgehead atoms. The SMILES string of the molecule is COC(=O)C1(COc2ccc(F)c3c2C2(CCCCC2)NC(=O)N3)CCC1. The quantitative estimate of drug-likeness (QED) is 0.783. The lowest BCUT2D eigenvalue weighted by atomic mass is 9.69. The van der Waals surface area contributed by atoms with Crippen molar-refractivity contribution < 1.29 is 23.5 Å². The van der Waals surface area contributed by atoms with Gasteiger partial charge in [-0.25, -0.2) is 9.18 Å². The number of amides is 2. The van der Waals surface area contributed by atoms with Gasteiger partial charge in [-0.1, -0.05) is 25.7 Å². The lowest BCUT2D eigenvalue weighted by molar-refractivity contribution is -0.161. The molecule has 2 fully saturated rings. The number of anilines is 1. The van der Waals surface area contributed by atoms with E-state index in [4.69, 9.17) is 9.47 Å². The van der Waals surface area contributed by atoms with Crippen molar-refractivity contribution in [2.45, 2.75) is 56.9 Å². The molecule has 6 nitrogen and oxygen atoms in total. The minimum Gasteiger partial charge on any atom is -0.492 e. The number of rotatable bonds is 4. The van der Waals surface area contributed by atoms with Crippen LogP contribution in [0.5, 0.6) is 5.75 Å². The number of halogens is 1. The maximum Gasteiger partial charge on any atom is 0.320 e. The van der Waals surface area contributed by atoms with Crippen LogP contribution in [0.2, 0.25) is 0 Å². The van der Waals surface area contributed by atoms with Gasteiger partial charge in [0, 0.05) is 5.56 Å².